The normalized spacial score (nSPS) is 10.5. The first kappa shape index (κ1) is 10.4. The molecule has 0 aromatic carbocycles. The largest absolute Gasteiger partial charge is 0.275 e. The standard InChI is InChI=1S/C9H9ClN4S/c1-14-5-8(4-11-14)15-6-7-2-3-9(10)13-12-7/h2-5H,6H2,1H3. The van der Waals surface area contributed by atoms with Crippen molar-refractivity contribution in [1.82, 2.24) is 20.0 Å². The number of hydrogen-bond acceptors (Lipinski definition) is 4. The first-order chi connectivity index (χ1) is 7.24. The van der Waals surface area contributed by atoms with Gasteiger partial charge in [-0.1, -0.05) is 11.6 Å². The van der Waals surface area contributed by atoms with E-state index in [0.29, 0.717) is 5.15 Å². The van der Waals surface area contributed by atoms with Gasteiger partial charge in [0.15, 0.2) is 5.15 Å². The fraction of sp³-hybridized carbons (Fsp3) is 0.222. The smallest absolute Gasteiger partial charge is 0.151 e. The van der Waals surface area contributed by atoms with Crippen molar-refractivity contribution in [1.29, 1.82) is 0 Å². The maximum Gasteiger partial charge on any atom is 0.151 e. The predicted molar refractivity (Wildman–Crippen MR) is 59.8 cm³/mol. The van der Waals surface area contributed by atoms with E-state index in [2.05, 4.69) is 15.3 Å². The van der Waals surface area contributed by atoms with Crippen molar-refractivity contribution in [2.45, 2.75) is 10.6 Å². The Balaban J connectivity index is 1.96. The van der Waals surface area contributed by atoms with E-state index in [1.165, 1.54) is 0 Å². The Morgan fingerprint density at radius 3 is 2.87 bits per heavy atom. The average Bonchev–Trinajstić information content (AvgIpc) is 2.64. The van der Waals surface area contributed by atoms with Crippen LogP contribution in [0.25, 0.3) is 0 Å². The van der Waals surface area contributed by atoms with Crippen LogP contribution in [0, 0.1) is 0 Å². The molecule has 0 saturated carbocycles. The number of aromatic nitrogens is 4. The molecule has 0 unspecified atom stereocenters. The van der Waals surface area contributed by atoms with E-state index in [4.69, 9.17) is 11.6 Å². The molecule has 0 bridgehead atoms. The van der Waals surface area contributed by atoms with E-state index in [1.54, 1.807) is 22.5 Å². The van der Waals surface area contributed by atoms with Gasteiger partial charge in [-0.2, -0.15) is 10.2 Å². The highest BCUT2D eigenvalue weighted by Crippen LogP contribution is 2.20. The third-order valence-corrected chi connectivity index (χ3v) is 2.94. The van der Waals surface area contributed by atoms with Gasteiger partial charge < -0.3 is 0 Å². The van der Waals surface area contributed by atoms with E-state index < -0.39 is 0 Å². The first-order valence-corrected chi connectivity index (χ1v) is 5.70. The summed E-state index contributed by atoms with van der Waals surface area (Å²) in [7, 11) is 1.89. The summed E-state index contributed by atoms with van der Waals surface area (Å²) in [5.41, 5.74) is 0.910. The van der Waals surface area contributed by atoms with Crippen LogP contribution in [-0.2, 0) is 12.8 Å². The summed E-state index contributed by atoms with van der Waals surface area (Å²) in [6.07, 6.45) is 3.79. The van der Waals surface area contributed by atoms with Gasteiger partial charge in [0.1, 0.15) is 0 Å². The Morgan fingerprint density at radius 2 is 2.27 bits per heavy atom. The molecule has 0 aliphatic heterocycles. The number of aryl methyl sites for hydroxylation is 1. The third kappa shape index (κ3) is 2.94. The fourth-order valence-electron chi connectivity index (χ4n) is 1.05. The molecule has 0 atom stereocenters. The van der Waals surface area contributed by atoms with Crippen LogP contribution in [0.15, 0.2) is 29.4 Å². The maximum absolute atomic E-state index is 5.64. The zero-order valence-corrected chi connectivity index (χ0v) is 9.66. The minimum Gasteiger partial charge on any atom is -0.275 e. The molecule has 2 rings (SSSR count). The first-order valence-electron chi connectivity index (χ1n) is 4.33. The lowest BCUT2D eigenvalue weighted by molar-refractivity contribution is 0.766. The van der Waals surface area contributed by atoms with E-state index in [1.807, 2.05) is 25.5 Å². The Hall–Kier alpha value is -1.07. The van der Waals surface area contributed by atoms with Crippen LogP contribution in [0.5, 0.6) is 0 Å². The van der Waals surface area contributed by atoms with Crippen LogP contribution in [-0.4, -0.2) is 20.0 Å². The molecular formula is C9H9ClN4S. The van der Waals surface area contributed by atoms with Crippen molar-refractivity contribution in [3.05, 3.63) is 35.4 Å². The predicted octanol–water partition coefficient (Wildman–Crippen LogP) is 2.16. The Labute approximate surface area is 96.7 Å². The highest BCUT2D eigenvalue weighted by Gasteiger charge is 2.00. The lowest BCUT2D eigenvalue weighted by atomic mass is 10.4. The molecule has 0 N–H and O–H groups in total. The van der Waals surface area contributed by atoms with Gasteiger partial charge in [0, 0.05) is 23.9 Å². The highest BCUT2D eigenvalue weighted by molar-refractivity contribution is 7.98. The van der Waals surface area contributed by atoms with Crippen LogP contribution in [0.2, 0.25) is 5.15 Å². The van der Waals surface area contributed by atoms with Crippen LogP contribution in [0.1, 0.15) is 5.69 Å². The van der Waals surface area contributed by atoms with Crippen LogP contribution < -0.4 is 0 Å². The SMILES string of the molecule is Cn1cc(SCc2ccc(Cl)nn2)cn1. The van der Waals surface area contributed by atoms with Crippen LogP contribution in [0.4, 0.5) is 0 Å². The number of rotatable bonds is 3. The number of thioether (sulfide) groups is 1. The average molecular weight is 241 g/mol. The quantitative estimate of drug-likeness (QED) is 0.772. The van der Waals surface area contributed by atoms with Gasteiger partial charge >= 0.3 is 0 Å². The summed E-state index contributed by atoms with van der Waals surface area (Å²) in [5, 5.41) is 12.3. The molecule has 78 valence electrons. The van der Waals surface area contributed by atoms with Gasteiger partial charge in [-0.3, -0.25) is 4.68 Å². The molecular weight excluding hydrogens is 232 g/mol. The van der Waals surface area contributed by atoms with Crippen LogP contribution >= 0.6 is 23.4 Å². The van der Waals surface area contributed by atoms with Gasteiger partial charge in [-0.15, -0.1) is 16.9 Å². The zero-order chi connectivity index (χ0) is 10.7. The maximum atomic E-state index is 5.64. The lowest BCUT2D eigenvalue weighted by Crippen LogP contribution is -1.89. The number of halogens is 1. The monoisotopic (exact) mass is 240 g/mol. The summed E-state index contributed by atoms with van der Waals surface area (Å²) < 4.78 is 1.77. The second kappa shape index (κ2) is 4.63. The zero-order valence-electron chi connectivity index (χ0n) is 8.09. The van der Waals surface area contributed by atoms with Gasteiger partial charge in [-0.05, 0) is 12.1 Å². The van der Waals surface area contributed by atoms with E-state index in [9.17, 15) is 0 Å². The Kier molecular flexibility index (Phi) is 3.23. The summed E-state index contributed by atoms with van der Waals surface area (Å²) >= 11 is 7.31. The van der Waals surface area contributed by atoms with Gasteiger partial charge in [0.25, 0.3) is 0 Å². The Morgan fingerprint density at radius 1 is 1.40 bits per heavy atom. The van der Waals surface area contributed by atoms with E-state index >= 15 is 0 Å². The van der Waals surface area contributed by atoms with Gasteiger partial charge in [0.2, 0.25) is 0 Å². The molecule has 2 heterocycles. The molecule has 2 aromatic heterocycles. The van der Waals surface area contributed by atoms with Gasteiger partial charge in [0.05, 0.1) is 11.9 Å². The molecule has 15 heavy (non-hydrogen) atoms. The molecule has 4 nitrogen and oxygen atoms in total. The lowest BCUT2D eigenvalue weighted by Gasteiger charge is -1.97. The molecule has 0 saturated heterocycles. The van der Waals surface area contributed by atoms with E-state index in [-0.39, 0.29) is 0 Å². The minimum absolute atomic E-state index is 0.421. The fourth-order valence-corrected chi connectivity index (χ4v) is 1.97. The molecule has 6 heteroatoms. The summed E-state index contributed by atoms with van der Waals surface area (Å²) in [6, 6.07) is 3.62. The molecule has 0 radical (unpaired) electrons. The minimum atomic E-state index is 0.421. The molecule has 2 aromatic rings. The van der Waals surface area contributed by atoms with Gasteiger partial charge in [-0.25, -0.2) is 0 Å². The molecule has 0 amide bonds. The summed E-state index contributed by atoms with van der Waals surface area (Å²) in [6.45, 7) is 0. The van der Waals surface area contributed by atoms with Crippen molar-refractivity contribution < 1.29 is 0 Å². The van der Waals surface area contributed by atoms with Crippen LogP contribution in [0.3, 0.4) is 0 Å². The molecule has 0 aliphatic carbocycles. The van der Waals surface area contributed by atoms with Crippen molar-refractivity contribution in [3.8, 4) is 0 Å². The highest BCUT2D eigenvalue weighted by atomic mass is 35.5. The molecule has 0 spiro atoms. The molecule has 0 aliphatic rings. The van der Waals surface area contributed by atoms with E-state index in [0.717, 1.165) is 16.3 Å². The third-order valence-electron chi connectivity index (χ3n) is 1.76. The second-order valence-corrected chi connectivity index (χ2v) is 4.42. The summed E-state index contributed by atoms with van der Waals surface area (Å²) in [4.78, 5) is 1.12. The topological polar surface area (TPSA) is 43.6 Å². The van der Waals surface area contributed by atoms with Crippen molar-refractivity contribution in [2.24, 2.45) is 7.05 Å². The Bertz CT molecular complexity index is 440. The van der Waals surface area contributed by atoms with Crippen molar-refractivity contribution >= 4 is 23.4 Å². The number of nitrogens with zero attached hydrogens (tertiary/aromatic N) is 4. The molecule has 0 fully saturated rings. The summed E-state index contributed by atoms with van der Waals surface area (Å²) in [5.74, 6) is 0.774. The second-order valence-electron chi connectivity index (χ2n) is 2.99. The van der Waals surface area contributed by atoms with Crippen molar-refractivity contribution in [2.75, 3.05) is 0 Å². The van der Waals surface area contributed by atoms with Crippen molar-refractivity contribution in [3.63, 3.8) is 0 Å². The number of hydrogen-bond donors (Lipinski definition) is 0.